The van der Waals surface area contributed by atoms with E-state index in [1.54, 1.807) is 17.9 Å². The summed E-state index contributed by atoms with van der Waals surface area (Å²) in [6.45, 7) is 0.493. The summed E-state index contributed by atoms with van der Waals surface area (Å²) in [6, 6.07) is 2.19. The van der Waals surface area contributed by atoms with E-state index in [2.05, 4.69) is 9.72 Å². The maximum absolute atomic E-state index is 12.2. The molecule has 1 aromatic rings. The van der Waals surface area contributed by atoms with Gasteiger partial charge >= 0.3 is 12.6 Å². The van der Waals surface area contributed by atoms with Crippen LogP contribution in [0.25, 0.3) is 0 Å². The second kappa shape index (κ2) is 5.98. The van der Waals surface area contributed by atoms with Gasteiger partial charge in [0.25, 0.3) is 5.91 Å². The number of hydrogen-bond donors (Lipinski definition) is 0. The van der Waals surface area contributed by atoms with E-state index in [-0.39, 0.29) is 17.7 Å². The van der Waals surface area contributed by atoms with Crippen molar-refractivity contribution in [3.63, 3.8) is 0 Å². The van der Waals surface area contributed by atoms with Crippen molar-refractivity contribution in [2.24, 2.45) is 0 Å². The molecular weight excluding hydrogens is 310 g/mol. The largest absolute Gasteiger partial charge is 0.433 e. The summed E-state index contributed by atoms with van der Waals surface area (Å²) in [5.74, 6) is 0.327. The molecule has 0 aliphatic carbocycles. The number of piperazine rings is 1. The molecule has 2 aliphatic rings. The Morgan fingerprint density at radius 1 is 1.35 bits per heavy atom. The molecule has 124 valence electrons. The average molecular weight is 326 g/mol. The van der Waals surface area contributed by atoms with Crippen molar-refractivity contribution >= 4 is 17.8 Å². The van der Waals surface area contributed by atoms with E-state index in [1.807, 2.05) is 4.90 Å². The van der Waals surface area contributed by atoms with Gasteiger partial charge in [-0.3, -0.25) is 9.69 Å². The van der Waals surface area contributed by atoms with Crippen molar-refractivity contribution in [2.45, 2.75) is 19.6 Å². The van der Waals surface area contributed by atoms with Gasteiger partial charge in [-0.2, -0.15) is 8.78 Å². The summed E-state index contributed by atoms with van der Waals surface area (Å²) >= 11 is 0. The zero-order valence-electron chi connectivity index (χ0n) is 12.5. The van der Waals surface area contributed by atoms with Crippen LogP contribution in [0.5, 0.6) is 5.75 Å². The van der Waals surface area contributed by atoms with Gasteiger partial charge in [0.2, 0.25) is 0 Å². The first-order valence-electron chi connectivity index (χ1n) is 7.29. The first-order chi connectivity index (χ1) is 11.0. The molecule has 3 amide bonds. The molecule has 2 fully saturated rings. The van der Waals surface area contributed by atoms with Crippen molar-refractivity contribution in [1.29, 1.82) is 0 Å². The van der Waals surface area contributed by atoms with Gasteiger partial charge < -0.3 is 14.5 Å². The average Bonchev–Trinajstić information content (AvgIpc) is 2.78. The Morgan fingerprint density at radius 2 is 2.13 bits per heavy atom. The number of hydrogen-bond acceptors (Lipinski definition) is 5. The molecule has 0 radical (unpaired) electrons. The molecular formula is C14H16F2N4O3. The quantitative estimate of drug-likeness (QED) is 0.777. The molecule has 0 bridgehead atoms. The van der Waals surface area contributed by atoms with Crippen LogP contribution in [0.4, 0.5) is 19.4 Å². The molecule has 9 heteroatoms. The van der Waals surface area contributed by atoms with Gasteiger partial charge in [-0.25, -0.2) is 9.78 Å². The Balaban J connectivity index is 1.72. The standard InChI is InChI=1S/C14H16F2N4O3/c1-2-19-12(21)10-8-18(5-6-20(10)14(19)22)11-4-3-9(7-17-11)23-13(15)16/h3-4,7,10,13H,2,5-6,8H2,1H3. The van der Waals surface area contributed by atoms with E-state index in [0.29, 0.717) is 32.0 Å². The number of alkyl halides is 2. The lowest BCUT2D eigenvalue weighted by Crippen LogP contribution is -2.53. The SMILES string of the molecule is CCN1C(=O)C2CN(c3ccc(OC(F)F)cn3)CCN2C1=O. The maximum atomic E-state index is 12.2. The van der Waals surface area contributed by atoms with Crippen LogP contribution in [0.1, 0.15) is 6.92 Å². The number of rotatable bonds is 4. The Morgan fingerprint density at radius 3 is 2.74 bits per heavy atom. The number of amides is 3. The summed E-state index contributed by atoms with van der Waals surface area (Å²) < 4.78 is 28.5. The molecule has 2 aliphatic heterocycles. The highest BCUT2D eigenvalue weighted by atomic mass is 19.3. The molecule has 0 saturated carbocycles. The number of carbonyl (C=O) groups excluding carboxylic acids is 2. The fourth-order valence-electron chi connectivity index (χ4n) is 2.88. The number of pyridine rings is 1. The second-order valence-electron chi connectivity index (χ2n) is 5.25. The predicted molar refractivity (Wildman–Crippen MR) is 76.4 cm³/mol. The molecule has 1 atom stereocenters. The molecule has 2 saturated heterocycles. The van der Waals surface area contributed by atoms with Gasteiger partial charge in [0.05, 0.1) is 6.20 Å². The molecule has 0 N–H and O–H groups in total. The molecule has 23 heavy (non-hydrogen) atoms. The minimum atomic E-state index is -2.90. The number of fused-ring (bicyclic) bond motifs is 1. The summed E-state index contributed by atoms with van der Waals surface area (Å²) in [4.78, 5) is 33.1. The lowest BCUT2D eigenvalue weighted by Gasteiger charge is -2.36. The highest BCUT2D eigenvalue weighted by Crippen LogP contribution is 2.25. The lowest BCUT2D eigenvalue weighted by molar-refractivity contribution is -0.128. The van der Waals surface area contributed by atoms with E-state index in [0.717, 1.165) is 0 Å². The van der Waals surface area contributed by atoms with E-state index < -0.39 is 12.7 Å². The van der Waals surface area contributed by atoms with Crippen LogP contribution >= 0.6 is 0 Å². The Hall–Kier alpha value is -2.45. The summed E-state index contributed by atoms with van der Waals surface area (Å²) in [6.07, 6.45) is 1.22. The number of nitrogens with zero attached hydrogens (tertiary/aromatic N) is 4. The van der Waals surface area contributed by atoms with Crippen molar-refractivity contribution in [3.8, 4) is 5.75 Å². The molecule has 1 aromatic heterocycles. The van der Waals surface area contributed by atoms with E-state index in [1.165, 1.54) is 17.2 Å². The van der Waals surface area contributed by atoms with Crippen molar-refractivity contribution in [1.82, 2.24) is 14.8 Å². The van der Waals surface area contributed by atoms with E-state index >= 15 is 0 Å². The van der Waals surface area contributed by atoms with Gasteiger partial charge in [0.1, 0.15) is 17.6 Å². The summed E-state index contributed by atoms with van der Waals surface area (Å²) in [5.41, 5.74) is 0. The number of ether oxygens (including phenoxy) is 1. The van der Waals surface area contributed by atoms with Gasteiger partial charge in [-0.05, 0) is 19.1 Å². The highest BCUT2D eigenvalue weighted by Gasteiger charge is 2.47. The van der Waals surface area contributed by atoms with E-state index in [4.69, 9.17) is 0 Å². The maximum Gasteiger partial charge on any atom is 0.387 e. The van der Waals surface area contributed by atoms with Crippen LogP contribution in [-0.4, -0.2) is 65.6 Å². The topological polar surface area (TPSA) is 66.0 Å². The minimum Gasteiger partial charge on any atom is -0.433 e. The number of likely N-dealkylation sites (N-methyl/N-ethyl adjacent to an activating group) is 1. The first kappa shape index (κ1) is 15.4. The third-order valence-electron chi connectivity index (χ3n) is 3.99. The van der Waals surface area contributed by atoms with Crippen molar-refractivity contribution in [3.05, 3.63) is 18.3 Å². The highest BCUT2D eigenvalue weighted by molar-refractivity contribution is 6.04. The van der Waals surface area contributed by atoms with Gasteiger partial charge in [0, 0.05) is 26.2 Å². The van der Waals surface area contributed by atoms with Crippen LogP contribution in [0, 0.1) is 0 Å². The van der Waals surface area contributed by atoms with Crippen molar-refractivity contribution in [2.75, 3.05) is 31.1 Å². The zero-order chi connectivity index (χ0) is 16.6. The third kappa shape index (κ3) is 2.78. The number of imide groups is 1. The van der Waals surface area contributed by atoms with Crippen LogP contribution in [0.2, 0.25) is 0 Å². The number of aromatic nitrogens is 1. The van der Waals surface area contributed by atoms with Crippen LogP contribution in [0.15, 0.2) is 18.3 Å². The predicted octanol–water partition coefficient (Wildman–Crippen LogP) is 1.16. The zero-order valence-corrected chi connectivity index (χ0v) is 12.5. The monoisotopic (exact) mass is 326 g/mol. The fraction of sp³-hybridized carbons (Fsp3) is 0.500. The van der Waals surface area contributed by atoms with Gasteiger partial charge in [0.15, 0.2) is 0 Å². The Bertz CT molecular complexity index is 611. The van der Waals surface area contributed by atoms with Gasteiger partial charge in [-0.15, -0.1) is 0 Å². The van der Waals surface area contributed by atoms with Gasteiger partial charge in [-0.1, -0.05) is 0 Å². The number of anilines is 1. The summed E-state index contributed by atoms with van der Waals surface area (Å²) in [7, 11) is 0. The lowest BCUT2D eigenvalue weighted by atomic mass is 10.2. The van der Waals surface area contributed by atoms with Crippen LogP contribution in [0.3, 0.4) is 0 Å². The number of carbonyl (C=O) groups is 2. The van der Waals surface area contributed by atoms with Crippen molar-refractivity contribution < 1.29 is 23.1 Å². The molecule has 0 spiro atoms. The third-order valence-corrected chi connectivity index (χ3v) is 3.99. The summed E-state index contributed by atoms with van der Waals surface area (Å²) in [5, 5.41) is 0. The Labute approximate surface area is 131 Å². The molecule has 7 nitrogen and oxygen atoms in total. The number of urea groups is 1. The normalized spacial score (nSPS) is 21.2. The van der Waals surface area contributed by atoms with Crippen LogP contribution < -0.4 is 9.64 Å². The van der Waals surface area contributed by atoms with Crippen LogP contribution in [-0.2, 0) is 4.79 Å². The molecule has 0 aromatic carbocycles. The molecule has 3 heterocycles. The minimum absolute atomic E-state index is 0.0216. The Kier molecular flexibility index (Phi) is 4.01. The molecule has 1 unspecified atom stereocenters. The first-order valence-corrected chi connectivity index (χ1v) is 7.29. The van der Waals surface area contributed by atoms with E-state index in [9.17, 15) is 18.4 Å². The fourth-order valence-corrected chi connectivity index (χ4v) is 2.88. The molecule has 3 rings (SSSR count). The smallest absolute Gasteiger partial charge is 0.387 e. The number of halogens is 2. The second-order valence-corrected chi connectivity index (χ2v) is 5.25.